The molecule has 0 saturated heterocycles. The van der Waals surface area contributed by atoms with Crippen LogP contribution in [0.3, 0.4) is 0 Å². The standard InChI is InChI=1S/C34H35NO2/c1-18-9-12-23-25(15-18)21-5-3-7-29(36)33(21)31(23)20-11-14-28(35)27(17-20)32-24-13-10-19(2)16-26(24)22-6-4-8-30(37)34(22)32/h9-17,29-32,36-37H,3-8,35H2,1-2H3. The van der Waals surface area contributed by atoms with Crippen LogP contribution in [0.2, 0.25) is 0 Å². The van der Waals surface area contributed by atoms with Crippen LogP contribution >= 0.6 is 0 Å². The summed E-state index contributed by atoms with van der Waals surface area (Å²) < 4.78 is 0. The van der Waals surface area contributed by atoms with Crippen molar-refractivity contribution in [3.05, 3.63) is 110 Å². The second kappa shape index (κ2) is 8.44. The van der Waals surface area contributed by atoms with Crippen LogP contribution in [0.25, 0.3) is 11.1 Å². The number of fused-ring (bicyclic) bond motifs is 4. The third-order valence-corrected chi connectivity index (χ3v) is 9.29. The Labute approximate surface area is 219 Å². The molecule has 0 fully saturated rings. The quantitative estimate of drug-likeness (QED) is 0.348. The minimum Gasteiger partial charge on any atom is -0.398 e. The Bertz CT molecular complexity index is 1510. The fraction of sp³-hybridized carbons (Fsp3) is 0.353. The highest BCUT2D eigenvalue weighted by atomic mass is 16.3. The Morgan fingerprint density at radius 1 is 0.649 bits per heavy atom. The number of allylic oxidation sites excluding steroid dienone is 2. The zero-order valence-corrected chi connectivity index (χ0v) is 21.7. The summed E-state index contributed by atoms with van der Waals surface area (Å²) in [4.78, 5) is 0. The van der Waals surface area contributed by atoms with Gasteiger partial charge in [0.1, 0.15) is 0 Å². The highest BCUT2D eigenvalue weighted by molar-refractivity contribution is 5.84. The summed E-state index contributed by atoms with van der Waals surface area (Å²) in [6, 6.07) is 19.9. The average molecular weight is 490 g/mol. The van der Waals surface area contributed by atoms with Crippen molar-refractivity contribution >= 4 is 16.8 Å². The van der Waals surface area contributed by atoms with E-state index in [0.717, 1.165) is 55.3 Å². The molecule has 3 aromatic carbocycles. The number of aliphatic hydroxyl groups excluding tert-OH is 2. The van der Waals surface area contributed by atoms with E-state index in [-0.39, 0.29) is 11.8 Å². The van der Waals surface area contributed by atoms with Crippen LogP contribution in [0.5, 0.6) is 0 Å². The minimum absolute atomic E-state index is 0.0236. The van der Waals surface area contributed by atoms with E-state index < -0.39 is 12.2 Å². The third-order valence-electron chi connectivity index (χ3n) is 9.29. The molecule has 0 heterocycles. The van der Waals surface area contributed by atoms with Gasteiger partial charge in [0.2, 0.25) is 0 Å². The van der Waals surface area contributed by atoms with Gasteiger partial charge in [-0.2, -0.15) is 0 Å². The van der Waals surface area contributed by atoms with Crippen LogP contribution in [-0.2, 0) is 0 Å². The summed E-state index contributed by atoms with van der Waals surface area (Å²) in [5.74, 6) is 0.0216. The zero-order chi connectivity index (χ0) is 25.4. The Kier molecular flexibility index (Phi) is 5.25. The molecule has 0 saturated carbocycles. The van der Waals surface area contributed by atoms with Crippen LogP contribution in [0.15, 0.2) is 65.7 Å². The predicted octanol–water partition coefficient (Wildman–Crippen LogP) is 6.77. The lowest BCUT2D eigenvalue weighted by Crippen LogP contribution is -2.21. The molecule has 4 N–H and O–H groups in total. The summed E-state index contributed by atoms with van der Waals surface area (Å²) in [5.41, 5.74) is 22.4. The van der Waals surface area contributed by atoms with Gasteiger partial charge in [0.25, 0.3) is 0 Å². The monoisotopic (exact) mass is 489 g/mol. The van der Waals surface area contributed by atoms with Crippen molar-refractivity contribution in [2.45, 2.75) is 76.4 Å². The first-order valence-corrected chi connectivity index (χ1v) is 13.9. The maximum Gasteiger partial charge on any atom is 0.0765 e. The van der Waals surface area contributed by atoms with Crippen LogP contribution in [0, 0.1) is 13.8 Å². The summed E-state index contributed by atoms with van der Waals surface area (Å²) >= 11 is 0. The molecule has 0 bridgehead atoms. The number of benzene rings is 3. The number of aryl methyl sites for hydroxylation is 2. The first-order valence-electron chi connectivity index (χ1n) is 13.9. The van der Waals surface area contributed by atoms with Gasteiger partial charge in [-0.25, -0.2) is 0 Å². The molecule has 0 aromatic heterocycles. The Morgan fingerprint density at radius 2 is 1.19 bits per heavy atom. The van der Waals surface area contributed by atoms with Crippen LogP contribution in [0.1, 0.15) is 94.9 Å². The number of aliphatic hydroxyl groups is 2. The molecular weight excluding hydrogens is 454 g/mol. The summed E-state index contributed by atoms with van der Waals surface area (Å²) in [7, 11) is 0. The zero-order valence-electron chi connectivity index (χ0n) is 21.7. The molecular formula is C34H35NO2. The van der Waals surface area contributed by atoms with Crippen LogP contribution < -0.4 is 5.73 Å². The van der Waals surface area contributed by atoms with Crippen LogP contribution in [0.4, 0.5) is 5.69 Å². The number of nitrogen functional groups attached to an aromatic ring is 1. The van der Waals surface area contributed by atoms with Gasteiger partial charge in [-0.15, -0.1) is 0 Å². The first-order chi connectivity index (χ1) is 17.9. The fourth-order valence-corrected chi connectivity index (χ4v) is 7.68. The second-order valence-corrected chi connectivity index (χ2v) is 11.6. The van der Waals surface area contributed by atoms with E-state index in [4.69, 9.17) is 5.73 Å². The average Bonchev–Trinajstić information content (AvgIpc) is 3.39. The van der Waals surface area contributed by atoms with Crippen molar-refractivity contribution in [1.82, 2.24) is 0 Å². The minimum atomic E-state index is -0.436. The van der Waals surface area contributed by atoms with Gasteiger partial charge in [0.15, 0.2) is 0 Å². The third kappa shape index (κ3) is 3.41. The number of hydrogen-bond donors (Lipinski definition) is 3. The normalized spacial score (nSPS) is 26.2. The molecule has 7 rings (SSSR count). The second-order valence-electron chi connectivity index (χ2n) is 11.6. The van der Waals surface area contributed by atoms with E-state index in [1.165, 1.54) is 55.7 Å². The molecule has 0 aliphatic heterocycles. The summed E-state index contributed by atoms with van der Waals surface area (Å²) in [6.45, 7) is 4.29. The number of hydrogen-bond acceptors (Lipinski definition) is 3. The van der Waals surface area contributed by atoms with Gasteiger partial charge in [0.05, 0.1) is 12.2 Å². The van der Waals surface area contributed by atoms with E-state index in [0.29, 0.717) is 0 Å². The maximum absolute atomic E-state index is 11.2. The van der Waals surface area contributed by atoms with Crippen molar-refractivity contribution in [2.24, 2.45) is 0 Å². The molecule has 3 aromatic rings. The molecule has 0 spiro atoms. The Hall–Kier alpha value is -3.14. The topological polar surface area (TPSA) is 66.5 Å². The van der Waals surface area contributed by atoms with Gasteiger partial charge in [-0.05, 0) is 114 Å². The smallest absolute Gasteiger partial charge is 0.0765 e. The first kappa shape index (κ1) is 23.0. The molecule has 37 heavy (non-hydrogen) atoms. The largest absolute Gasteiger partial charge is 0.398 e. The molecule has 4 atom stereocenters. The van der Waals surface area contributed by atoms with E-state index in [9.17, 15) is 10.2 Å². The molecule has 4 unspecified atom stereocenters. The van der Waals surface area contributed by atoms with Gasteiger partial charge < -0.3 is 15.9 Å². The van der Waals surface area contributed by atoms with Crippen molar-refractivity contribution in [3.8, 4) is 0 Å². The molecule has 3 nitrogen and oxygen atoms in total. The lowest BCUT2D eigenvalue weighted by Gasteiger charge is -2.29. The van der Waals surface area contributed by atoms with E-state index in [1.807, 2.05) is 6.07 Å². The van der Waals surface area contributed by atoms with Gasteiger partial charge >= 0.3 is 0 Å². The Balaban J connectivity index is 1.42. The van der Waals surface area contributed by atoms with E-state index >= 15 is 0 Å². The molecule has 4 aliphatic carbocycles. The van der Waals surface area contributed by atoms with Gasteiger partial charge in [-0.1, -0.05) is 59.7 Å². The number of rotatable bonds is 2. The lowest BCUT2D eigenvalue weighted by molar-refractivity contribution is 0.189. The molecule has 188 valence electrons. The maximum atomic E-state index is 11.2. The van der Waals surface area contributed by atoms with Crippen molar-refractivity contribution in [2.75, 3.05) is 5.73 Å². The van der Waals surface area contributed by atoms with Crippen molar-refractivity contribution in [1.29, 1.82) is 0 Å². The fourth-order valence-electron chi connectivity index (χ4n) is 7.68. The summed E-state index contributed by atoms with van der Waals surface area (Å²) in [5, 5.41) is 22.4. The lowest BCUT2D eigenvalue weighted by atomic mass is 9.78. The Morgan fingerprint density at radius 3 is 1.78 bits per heavy atom. The highest BCUT2D eigenvalue weighted by Crippen LogP contribution is 2.55. The molecule has 4 aliphatic rings. The number of nitrogens with two attached hydrogens (primary N) is 1. The molecule has 0 radical (unpaired) electrons. The SMILES string of the molecule is Cc1ccc2c(c1)C1=C(C(O)CCC1)C2c1ccc(N)c(C2C3=C(CCCC3O)c3cc(C)ccc32)c1. The number of anilines is 1. The van der Waals surface area contributed by atoms with Gasteiger partial charge in [-0.3, -0.25) is 0 Å². The van der Waals surface area contributed by atoms with E-state index in [2.05, 4.69) is 62.4 Å². The molecule has 3 heteroatoms. The summed E-state index contributed by atoms with van der Waals surface area (Å²) in [6.07, 6.45) is 4.86. The van der Waals surface area contributed by atoms with Crippen LogP contribution in [-0.4, -0.2) is 22.4 Å². The predicted molar refractivity (Wildman–Crippen MR) is 150 cm³/mol. The highest BCUT2D eigenvalue weighted by Gasteiger charge is 2.41. The van der Waals surface area contributed by atoms with Crippen molar-refractivity contribution in [3.63, 3.8) is 0 Å². The molecule has 0 amide bonds. The van der Waals surface area contributed by atoms with Crippen molar-refractivity contribution < 1.29 is 10.2 Å². The van der Waals surface area contributed by atoms with E-state index in [1.54, 1.807) is 0 Å². The van der Waals surface area contributed by atoms with Gasteiger partial charge in [0, 0.05) is 17.5 Å².